The Balaban J connectivity index is 2.23. The number of carbonyl (C=O) groups is 2. The summed E-state index contributed by atoms with van der Waals surface area (Å²) < 4.78 is 44.6. The molecule has 2 aromatic rings. The molecular formula is C21H23F3N2O3. The fraction of sp³-hybridized carbons (Fsp3) is 0.333. The highest BCUT2D eigenvalue weighted by molar-refractivity contribution is 5.93. The van der Waals surface area contributed by atoms with Crippen molar-refractivity contribution in [3.05, 3.63) is 59.7 Å². The van der Waals surface area contributed by atoms with Gasteiger partial charge < -0.3 is 15.4 Å². The van der Waals surface area contributed by atoms with E-state index in [4.69, 9.17) is 4.74 Å². The number of anilines is 1. The van der Waals surface area contributed by atoms with E-state index >= 15 is 0 Å². The van der Waals surface area contributed by atoms with E-state index in [0.29, 0.717) is 18.6 Å². The molecule has 0 bridgehead atoms. The molecule has 0 heterocycles. The highest BCUT2D eigenvalue weighted by Gasteiger charge is 2.31. The van der Waals surface area contributed by atoms with E-state index in [-0.39, 0.29) is 23.8 Å². The van der Waals surface area contributed by atoms with E-state index < -0.39 is 23.7 Å². The smallest absolute Gasteiger partial charge is 0.416 e. The van der Waals surface area contributed by atoms with Crippen LogP contribution in [0.4, 0.5) is 18.9 Å². The molecule has 0 aliphatic heterocycles. The Kier molecular flexibility index (Phi) is 7.64. The van der Waals surface area contributed by atoms with Gasteiger partial charge in [0.15, 0.2) is 0 Å². The van der Waals surface area contributed by atoms with Crippen molar-refractivity contribution in [1.82, 2.24) is 5.32 Å². The molecule has 29 heavy (non-hydrogen) atoms. The average molecular weight is 408 g/mol. The minimum Gasteiger partial charge on any atom is -0.491 e. The molecule has 0 aliphatic carbocycles. The van der Waals surface area contributed by atoms with Gasteiger partial charge in [0, 0.05) is 6.92 Å². The van der Waals surface area contributed by atoms with Gasteiger partial charge in [-0.05, 0) is 30.2 Å². The molecule has 0 saturated carbocycles. The molecule has 0 saturated heterocycles. The molecule has 8 heteroatoms. The van der Waals surface area contributed by atoms with Crippen molar-refractivity contribution in [3.63, 3.8) is 0 Å². The molecule has 0 aromatic heterocycles. The zero-order chi connectivity index (χ0) is 21.4. The van der Waals surface area contributed by atoms with Gasteiger partial charge in [-0.25, -0.2) is 0 Å². The van der Waals surface area contributed by atoms with Gasteiger partial charge in [-0.2, -0.15) is 13.2 Å². The number of alkyl halides is 3. The van der Waals surface area contributed by atoms with E-state index in [2.05, 4.69) is 10.6 Å². The highest BCUT2D eigenvalue weighted by Crippen LogP contribution is 2.35. The van der Waals surface area contributed by atoms with Crippen LogP contribution in [0, 0.1) is 0 Å². The highest BCUT2D eigenvalue weighted by atomic mass is 19.4. The van der Waals surface area contributed by atoms with Crippen molar-refractivity contribution in [3.8, 4) is 5.75 Å². The van der Waals surface area contributed by atoms with Gasteiger partial charge in [0.25, 0.3) is 0 Å². The maximum absolute atomic E-state index is 13.1. The molecule has 5 nitrogen and oxygen atoms in total. The summed E-state index contributed by atoms with van der Waals surface area (Å²) in [4.78, 5) is 24.1. The molecule has 2 amide bonds. The number of benzene rings is 2. The molecule has 0 aliphatic rings. The first kappa shape index (κ1) is 22.3. The molecule has 2 aromatic carbocycles. The summed E-state index contributed by atoms with van der Waals surface area (Å²) in [7, 11) is 0. The van der Waals surface area contributed by atoms with Crippen molar-refractivity contribution < 1.29 is 27.5 Å². The van der Waals surface area contributed by atoms with Crippen molar-refractivity contribution in [1.29, 1.82) is 0 Å². The molecule has 2 N–H and O–H groups in total. The van der Waals surface area contributed by atoms with Gasteiger partial charge in [0.05, 0.1) is 30.3 Å². The zero-order valence-electron chi connectivity index (χ0n) is 16.2. The lowest BCUT2D eigenvalue weighted by molar-refractivity contribution is -0.137. The standard InChI is InChI=1S/C21H23F3N2O3/c1-3-11-29-19-10-9-16(21(22,23)24)12-18(19)26-20(28)13-17(25-14(2)27)15-7-5-4-6-8-15/h4-10,12,17H,3,11,13H2,1-2H3,(H,25,27)(H,26,28). The second kappa shape index (κ2) is 9.95. The fourth-order valence-electron chi connectivity index (χ4n) is 2.71. The first-order valence-corrected chi connectivity index (χ1v) is 9.16. The summed E-state index contributed by atoms with van der Waals surface area (Å²) in [6.45, 7) is 3.49. The summed E-state index contributed by atoms with van der Waals surface area (Å²) in [5.41, 5.74) is -0.240. The zero-order valence-corrected chi connectivity index (χ0v) is 16.2. The topological polar surface area (TPSA) is 67.4 Å². The summed E-state index contributed by atoms with van der Waals surface area (Å²) >= 11 is 0. The third-order valence-corrected chi connectivity index (χ3v) is 4.01. The number of halogens is 3. The average Bonchev–Trinajstić information content (AvgIpc) is 2.66. The van der Waals surface area contributed by atoms with Gasteiger partial charge in [0.1, 0.15) is 5.75 Å². The molecule has 1 atom stereocenters. The molecule has 0 radical (unpaired) electrons. The van der Waals surface area contributed by atoms with Crippen LogP contribution in [0.1, 0.15) is 43.9 Å². The molecule has 156 valence electrons. The molecule has 0 spiro atoms. The number of nitrogens with one attached hydrogen (secondary N) is 2. The number of ether oxygens (including phenoxy) is 1. The van der Waals surface area contributed by atoms with E-state index in [1.165, 1.54) is 13.0 Å². The Hall–Kier alpha value is -3.03. The summed E-state index contributed by atoms with van der Waals surface area (Å²) in [5.74, 6) is -0.713. The predicted molar refractivity (Wildman–Crippen MR) is 103 cm³/mol. The minimum atomic E-state index is -4.55. The van der Waals surface area contributed by atoms with Crippen LogP contribution < -0.4 is 15.4 Å². The van der Waals surface area contributed by atoms with Crippen molar-refractivity contribution in [2.75, 3.05) is 11.9 Å². The normalized spacial score (nSPS) is 12.2. The van der Waals surface area contributed by atoms with Crippen LogP contribution in [-0.2, 0) is 15.8 Å². The monoisotopic (exact) mass is 408 g/mol. The Morgan fingerprint density at radius 3 is 2.38 bits per heavy atom. The fourth-order valence-corrected chi connectivity index (χ4v) is 2.71. The van der Waals surface area contributed by atoms with Gasteiger partial charge in [-0.3, -0.25) is 9.59 Å². The first-order valence-electron chi connectivity index (χ1n) is 9.16. The van der Waals surface area contributed by atoms with Crippen LogP contribution in [0.3, 0.4) is 0 Å². The van der Waals surface area contributed by atoms with Gasteiger partial charge in [0.2, 0.25) is 11.8 Å². The second-order valence-electron chi connectivity index (χ2n) is 6.47. The van der Waals surface area contributed by atoms with E-state index in [0.717, 1.165) is 12.1 Å². The van der Waals surface area contributed by atoms with Crippen LogP contribution in [0.2, 0.25) is 0 Å². The first-order chi connectivity index (χ1) is 13.7. The Bertz CT molecular complexity index is 839. The molecule has 0 fully saturated rings. The summed E-state index contributed by atoms with van der Waals surface area (Å²) in [6, 6.07) is 11.2. The SMILES string of the molecule is CCCOc1ccc(C(F)(F)F)cc1NC(=O)CC(NC(C)=O)c1ccccc1. The van der Waals surface area contributed by atoms with Crippen molar-refractivity contribution in [2.45, 2.75) is 38.9 Å². The van der Waals surface area contributed by atoms with E-state index in [9.17, 15) is 22.8 Å². The van der Waals surface area contributed by atoms with Crippen molar-refractivity contribution >= 4 is 17.5 Å². The second-order valence-corrected chi connectivity index (χ2v) is 6.47. The van der Waals surface area contributed by atoms with Crippen LogP contribution >= 0.6 is 0 Å². The van der Waals surface area contributed by atoms with Gasteiger partial charge in [-0.15, -0.1) is 0 Å². The quantitative estimate of drug-likeness (QED) is 0.665. The number of carbonyl (C=O) groups excluding carboxylic acids is 2. The van der Waals surface area contributed by atoms with Gasteiger partial charge in [-0.1, -0.05) is 37.3 Å². The number of hydrogen-bond acceptors (Lipinski definition) is 3. The molecule has 1 unspecified atom stereocenters. The largest absolute Gasteiger partial charge is 0.491 e. The molecule has 2 rings (SSSR count). The lowest BCUT2D eigenvalue weighted by atomic mass is 10.0. The van der Waals surface area contributed by atoms with Crippen molar-refractivity contribution in [2.24, 2.45) is 0 Å². The Labute approximate surface area is 167 Å². The lowest BCUT2D eigenvalue weighted by Gasteiger charge is -2.19. The lowest BCUT2D eigenvalue weighted by Crippen LogP contribution is -2.29. The van der Waals surface area contributed by atoms with Crippen LogP contribution in [-0.4, -0.2) is 18.4 Å². The Morgan fingerprint density at radius 2 is 1.79 bits per heavy atom. The van der Waals surface area contributed by atoms with Crippen LogP contribution in [0.25, 0.3) is 0 Å². The number of amides is 2. The Morgan fingerprint density at radius 1 is 1.10 bits per heavy atom. The number of rotatable bonds is 8. The predicted octanol–water partition coefficient (Wildman–Crippen LogP) is 4.70. The minimum absolute atomic E-state index is 0.0621. The maximum Gasteiger partial charge on any atom is 0.416 e. The van der Waals surface area contributed by atoms with E-state index in [1.54, 1.807) is 30.3 Å². The van der Waals surface area contributed by atoms with Crippen LogP contribution in [0.15, 0.2) is 48.5 Å². The van der Waals surface area contributed by atoms with Crippen LogP contribution in [0.5, 0.6) is 5.75 Å². The number of hydrogen-bond donors (Lipinski definition) is 2. The molecular weight excluding hydrogens is 385 g/mol. The maximum atomic E-state index is 13.1. The third-order valence-electron chi connectivity index (χ3n) is 4.01. The summed E-state index contributed by atoms with van der Waals surface area (Å²) in [5, 5.41) is 5.18. The summed E-state index contributed by atoms with van der Waals surface area (Å²) in [6.07, 6.45) is -4.04. The third kappa shape index (κ3) is 6.81. The van der Waals surface area contributed by atoms with Gasteiger partial charge >= 0.3 is 6.18 Å². The van der Waals surface area contributed by atoms with E-state index in [1.807, 2.05) is 6.92 Å².